The van der Waals surface area contributed by atoms with Gasteiger partial charge in [-0.25, -0.2) is 9.37 Å². The first-order valence-electron chi connectivity index (χ1n) is 7.92. The molecular weight excluding hydrogens is 295 g/mol. The van der Waals surface area contributed by atoms with Crippen LogP contribution in [0.4, 0.5) is 4.39 Å². The molecule has 1 N–H and O–H groups in total. The summed E-state index contributed by atoms with van der Waals surface area (Å²) in [5, 5.41) is 3.05. The van der Waals surface area contributed by atoms with Crippen LogP contribution in [0.3, 0.4) is 0 Å². The molecule has 120 valence electrons. The summed E-state index contributed by atoms with van der Waals surface area (Å²) in [5.74, 6) is 0.153. The second-order valence-electron chi connectivity index (χ2n) is 5.72. The molecule has 0 spiro atoms. The van der Waals surface area contributed by atoms with Crippen molar-refractivity contribution < 1.29 is 13.9 Å². The summed E-state index contributed by atoms with van der Waals surface area (Å²) in [7, 11) is 0. The largest absolute Gasteiger partial charge is 0.438 e. The van der Waals surface area contributed by atoms with Gasteiger partial charge in [0, 0.05) is 12.2 Å². The summed E-state index contributed by atoms with van der Waals surface area (Å²) in [6.07, 6.45) is 7.13. The fraction of sp³-hybridized carbons (Fsp3) is 0.333. The van der Waals surface area contributed by atoms with Gasteiger partial charge in [-0.05, 0) is 49.2 Å². The lowest BCUT2D eigenvalue weighted by Gasteiger charge is -2.23. The number of benzene rings is 1. The monoisotopic (exact) mass is 314 g/mol. The van der Waals surface area contributed by atoms with Crippen molar-refractivity contribution >= 4 is 5.91 Å². The van der Waals surface area contributed by atoms with Gasteiger partial charge in [0.15, 0.2) is 0 Å². The van der Waals surface area contributed by atoms with Crippen molar-refractivity contribution in [2.24, 2.45) is 0 Å². The van der Waals surface area contributed by atoms with E-state index in [1.54, 1.807) is 18.3 Å². The van der Waals surface area contributed by atoms with E-state index in [-0.39, 0.29) is 23.6 Å². The van der Waals surface area contributed by atoms with E-state index in [0.717, 1.165) is 25.7 Å². The molecule has 1 aromatic heterocycles. The molecule has 1 aliphatic rings. The van der Waals surface area contributed by atoms with Crippen molar-refractivity contribution in [2.45, 2.75) is 38.1 Å². The van der Waals surface area contributed by atoms with E-state index in [2.05, 4.69) is 10.3 Å². The lowest BCUT2D eigenvalue weighted by molar-refractivity contribution is 0.0924. The number of pyridine rings is 1. The maximum atomic E-state index is 13.0. The van der Waals surface area contributed by atoms with Crippen molar-refractivity contribution in [3.63, 3.8) is 0 Å². The second kappa shape index (κ2) is 7.22. The minimum absolute atomic E-state index is 0.179. The average Bonchev–Trinajstić information content (AvgIpc) is 2.58. The van der Waals surface area contributed by atoms with Crippen molar-refractivity contribution in [3.05, 3.63) is 54.0 Å². The highest BCUT2D eigenvalue weighted by Crippen LogP contribution is 2.24. The molecule has 1 fully saturated rings. The standard InChI is InChI=1S/C18H19FN2O2/c19-13-8-10-15(11-9-13)23-18-16(7-4-12-20-18)17(22)21-14-5-2-1-3-6-14/h4,7-12,14H,1-3,5-6H2,(H,21,22). The molecule has 1 heterocycles. The highest BCUT2D eigenvalue weighted by molar-refractivity contribution is 5.96. The van der Waals surface area contributed by atoms with E-state index < -0.39 is 0 Å². The minimum Gasteiger partial charge on any atom is -0.438 e. The van der Waals surface area contributed by atoms with Gasteiger partial charge in [0.1, 0.15) is 17.1 Å². The van der Waals surface area contributed by atoms with Gasteiger partial charge in [-0.3, -0.25) is 4.79 Å². The van der Waals surface area contributed by atoms with Gasteiger partial charge in [0.2, 0.25) is 5.88 Å². The summed E-state index contributed by atoms with van der Waals surface area (Å²) in [5.41, 5.74) is 0.391. The maximum absolute atomic E-state index is 13.0. The van der Waals surface area contributed by atoms with Crippen LogP contribution < -0.4 is 10.1 Å². The van der Waals surface area contributed by atoms with Crippen LogP contribution in [0.25, 0.3) is 0 Å². The zero-order chi connectivity index (χ0) is 16.1. The van der Waals surface area contributed by atoms with Crippen LogP contribution in [0.15, 0.2) is 42.6 Å². The Morgan fingerprint density at radius 1 is 1.13 bits per heavy atom. The Morgan fingerprint density at radius 3 is 2.61 bits per heavy atom. The van der Waals surface area contributed by atoms with Crippen LogP contribution in [0.1, 0.15) is 42.5 Å². The van der Waals surface area contributed by atoms with Crippen LogP contribution >= 0.6 is 0 Å². The summed E-state index contributed by atoms with van der Waals surface area (Å²) in [4.78, 5) is 16.6. The van der Waals surface area contributed by atoms with Crippen molar-refractivity contribution in [2.75, 3.05) is 0 Å². The van der Waals surface area contributed by atoms with Crippen molar-refractivity contribution in [3.8, 4) is 11.6 Å². The molecular formula is C18H19FN2O2. The topological polar surface area (TPSA) is 51.2 Å². The average molecular weight is 314 g/mol. The Kier molecular flexibility index (Phi) is 4.86. The first-order valence-corrected chi connectivity index (χ1v) is 7.92. The third-order valence-corrected chi connectivity index (χ3v) is 3.98. The van der Waals surface area contributed by atoms with Crippen LogP contribution in [-0.4, -0.2) is 16.9 Å². The molecule has 23 heavy (non-hydrogen) atoms. The summed E-state index contributed by atoms with van der Waals surface area (Å²) < 4.78 is 18.6. The molecule has 1 aromatic carbocycles. The van der Waals surface area contributed by atoms with E-state index in [4.69, 9.17) is 4.74 Å². The Hall–Kier alpha value is -2.43. The zero-order valence-electron chi connectivity index (χ0n) is 12.8. The molecule has 0 aliphatic heterocycles. The van der Waals surface area contributed by atoms with E-state index in [0.29, 0.717) is 11.3 Å². The van der Waals surface area contributed by atoms with Crippen molar-refractivity contribution in [1.29, 1.82) is 0 Å². The van der Waals surface area contributed by atoms with Crippen LogP contribution in [-0.2, 0) is 0 Å². The van der Waals surface area contributed by atoms with Gasteiger partial charge in [-0.2, -0.15) is 0 Å². The van der Waals surface area contributed by atoms with Crippen LogP contribution in [0, 0.1) is 5.82 Å². The second-order valence-corrected chi connectivity index (χ2v) is 5.72. The molecule has 1 amide bonds. The lowest BCUT2D eigenvalue weighted by Crippen LogP contribution is -2.36. The number of ether oxygens (including phenoxy) is 1. The van der Waals surface area contributed by atoms with Gasteiger partial charge >= 0.3 is 0 Å². The SMILES string of the molecule is O=C(NC1CCCCC1)c1cccnc1Oc1ccc(F)cc1. The molecule has 0 saturated heterocycles. The fourth-order valence-corrected chi connectivity index (χ4v) is 2.77. The number of hydrogen-bond donors (Lipinski definition) is 1. The quantitative estimate of drug-likeness (QED) is 0.925. The third kappa shape index (κ3) is 4.06. The molecule has 0 unspecified atom stereocenters. The highest BCUT2D eigenvalue weighted by Gasteiger charge is 2.20. The molecule has 2 aromatic rings. The van der Waals surface area contributed by atoms with Crippen LogP contribution in [0.2, 0.25) is 0 Å². The van der Waals surface area contributed by atoms with E-state index in [1.807, 2.05) is 0 Å². The maximum Gasteiger partial charge on any atom is 0.257 e. The number of nitrogens with one attached hydrogen (secondary N) is 1. The van der Waals surface area contributed by atoms with Crippen molar-refractivity contribution in [1.82, 2.24) is 10.3 Å². The molecule has 0 radical (unpaired) electrons. The predicted octanol–water partition coefficient (Wildman–Crippen LogP) is 4.08. The zero-order valence-corrected chi connectivity index (χ0v) is 12.8. The number of hydrogen-bond acceptors (Lipinski definition) is 3. The van der Waals surface area contributed by atoms with Gasteiger partial charge in [-0.15, -0.1) is 0 Å². The molecule has 4 nitrogen and oxygen atoms in total. The van der Waals surface area contributed by atoms with E-state index in [9.17, 15) is 9.18 Å². The lowest BCUT2D eigenvalue weighted by atomic mass is 9.95. The third-order valence-electron chi connectivity index (χ3n) is 3.98. The fourth-order valence-electron chi connectivity index (χ4n) is 2.77. The Balaban J connectivity index is 1.74. The molecule has 5 heteroatoms. The number of amides is 1. The van der Waals surface area contributed by atoms with Gasteiger partial charge in [0.25, 0.3) is 5.91 Å². The molecule has 0 atom stereocenters. The normalized spacial score (nSPS) is 15.2. The van der Waals surface area contributed by atoms with Gasteiger partial charge in [-0.1, -0.05) is 19.3 Å². The first-order chi connectivity index (χ1) is 11.2. The number of aromatic nitrogens is 1. The Bertz CT molecular complexity index is 667. The Labute approximate surface area is 134 Å². The predicted molar refractivity (Wildman–Crippen MR) is 85.1 cm³/mol. The minimum atomic E-state index is -0.339. The van der Waals surface area contributed by atoms with E-state index >= 15 is 0 Å². The number of halogens is 1. The first kappa shape index (κ1) is 15.5. The molecule has 1 saturated carbocycles. The molecule has 0 bridgehead atoms. The van der Waals surface area contributed by atoms with Crippen LogP contribution in [0.5, 0.6) is 11.6 Å². The van der Waals surface area contributed by atoms with Gasteiger partial charge in [0.05, 0.1) is 0 Å². The van der Waals surface area contributed by atoms with Gasteiger partial charge < -0.3 is 10.1 Å². The number of carbonyl (C=O) groups excluding carboxylic acids is 1. The Morgan fingerprint density at radius 2 is 1.87 bits per heavy atom. The smallest absolute Gasteiger partial charge is 0.257 e. The number of carbonyl (C=O) groups is 1. The summed E-state index contributed by atoms with van der Waals surface area (Å²) in [6, 6.07) is 9.23. The number of rotatable bonds is 4. The van der Waals surface area contributed by atoms with E-state index in [1.165, 1.54) is 30.7 Å². The summed E-state index contributed by atoms with van der Waals surface area (Å²) in [6.45, 7) is 0. The molecule has 3 rings (SSSR count). The molecule has 1 aliphatic carbocycles. The highest BCUT2D eigenvalue weighted by atomic mass is 19.1. The number of nitrogens with zero attached hydrogens (tertiary/aromatic N) is 1. The summed E-state index contributed by atoms with van der Waals surface area (Å²) >= 11 is 0.